The van der Waals surface area contributed by atoms with Gasteiger partial charge in [-0.15, -0.1) is 5.10 Å². The number of hydrogen-bond donors (Lipinski definition) is 7. The van der Waals surface area contributed by atoms with Gasteiger partial charge >= 0.3 is 5.97 Å². The van der Waals surface area contributed by atoms with Crippen molar-refractivity contribution < 1.29 is 22.9 Å². The Morgan fingerprint density at radius 1 is 1.24 bits per heavy atom. The van der Waals surface area contributed by atoms with Gasteiger partial charge in [0.05, 0.1) is 4.90 Å². The van der Waals surface area contributed by atoms with E-state index in [9.17, 15) is 22.9 Å². The molecule has 1 unspecified atom stereocenters. The van der Waals surface area contributed by atoms with Crippen LogP contribution in [0.2, 0.25) is 0 Å². The van der Waals surface area contributed by atoms with Crippen LogP contribution in [0.3, 0.4) is 0 Å². The normalized spacial score (nSPS) is 14.5. The first kappa shape index (κ1) is 29.1. The molecule has 0 spiro atoms. The maximum atomic E-state index is 12.7. The Morgan fingerprint density at radius 2 is 1.82 bits per heavy atom. The van der Waals surface area contributed by atoms with E-state index in [0.29, 0.717) is 12.0 Å². The Kier molecular flexibility index (Phi) is 9.84. The monoisotopic (exact) mass is 499 g/mol. The highest BCUT2D eigenvalue weighted by atomic mass is 32.2. The second-order valence-electron chi connectivity index (χ2n) is 9.00. The molecule has 0 saturated carbocycles. The summed E-state index contributed by atoms with van der Waals surface area (Å²) in [5.41, 5.74) is 15.6. The van der Waals surface area contributed by atoms with Crippen molar-refractivity contribution in [3.8, 4) is 0 Å². The standard InChI is InChI=1S/C21H37N7O5S/c1-12(2)15(11-28(20(24)25)27-19(22)23)8-9-21(18(29)30,26-13(3)4)17-10-16(34(31,32)33)7-6-14(17)5/h6-7,10,12-13,15,26H,8-9,11H2,1-5H3,(H3,24,25)(H,29,30)(H4,22,23,27)(H,31,32,33)/t15?,21-/m0/s1. The van der Waals surface area contributed by atoms with E-state index in [1.807, 2.05) is 13.8 Å². The first-order chi connectivity index (χ1) is 15.5. The number of nitrogens with two attached hydrogens (primary N) is 3. The van der Waals surface area contributed by atoms with Crippen molar-refractivity contribution in [3.63, 3.8) is 0 Å². The van der Waals surface area contributed by atoms with Gasteiger partial charge in [0.15, 0.2) is 0 Å². The number of hydrazone groups is 1. The third kappa shape index (κ3) is 7.57. The summed E-state index contributed by atoms with van der Waals surface area (Å²) in [6.07, 6.45) is 0.426. The topological polar surface area (TPSA) is 221 Å². The first-order valence-corrected chi connectivity index (χ1v) is 12.3. The van der Waals surface area contributed by atoms with Crippen LogP contribution in [0.15, 0.2) is 28.2 Å². The van der Waals surface area contributed by atoms with Crippen molar-refractivity contribution >= 4 is 28.0 Å². The first-order valence-electron chi connectivity index (χ1n) is 10.8. The van der Waals surface area contributed by atoms with E-state index < -0.39 is 21.6 Å². The van der Waals surface area contributed by atoms with E-state index in [-0.39, 0.29) is 53.2 Å². The summed E-state index contributed by atoms with van der Waals surface area (Å²) in [7, 11) is -4.54. The third-order valence-electron chi connectivity index (χ3n) is 5.62. The Morgan fingerprint density at radius 3 is 2.24 bits per heavy atom. The number of aliphatic carboxylic acids is 1. The number of aryl methyl sites for hydroxylation is 1. The molecule has 0 bridgehead atoms. The number of nitrogens with zero attached hydrogens (tertiary/aromatic N) is 2. The molecule has 0 heterocycles. The van der Waals surface area contributed by atoms with Crippen LogP contribution in [0, 0.1) is 24.2 Å². The largest absolute Gasteiger partial charge is 0.480 e. The molecule has 13 heteroatoms. The fraction of sp³-hybridized carbons (Fsp3) is 0.571. The van der Waals surface area contributed by atoms with Gasteiger partial charge in [-0.05, 0) is 68.7 Å². The molecule has 0 aliphatic carbocycles. The minimum absolute atomic E-state index is 0.0480. The molecule has 0 radical (unpaired) electrons. The highest BCUT2D eigenvalue weighted by Crippen LogP contribution is 2.35. The van der Waals surface area contributed by atoms with Crippen LogP contribution in [0.4, 0.5) is 0 Å². The SMILES string of the molecule is Cc1ccc(S(=O)(=O)O)cc1[C@](CCC(CN(N=C(N)N)C(=N)N)C(C)C)(NC(C)C)C(=O)O. The molecule has 1 aromatic rings. The van der Waals surface area contributed by atoms with E-state index in [4.69, 9.17) is 22.6 Å². The van der Waals surface area contributed by atoms with E-state index in [2.05, 4.69) is 10.4 Å². The summed E-state index contributed by atoms with van der Waals surface area (Å²) in [5, 5.41) is 26.3. The molecule has 0 aromatic heterocycles. The summed E-state index contributed by atoms with van der Waals surface area (Å²) < 4.78 is 33.1. The second-order valence-corrected chi connectivity index (χ2v) is 10.4. The lowest BCUT2D eigenvalue weighted by Crippen LogP contribution is -2.53. The van der Waals surface area contributed by atoms with Gasteiger partial charge in [0.1, 0.15) is 5.54 Å². The fourth-order valence-corrected chi connectivity index (χ4v) is 4.38. The average molecular weight is 500 g/mol. The lowest BCUT2D eigenvalue weighted by molar-refractivity contribution is -0.146. The molecule has 12 nitrogen and oxygen atoms in total. The van der Waals surface area contributed by atoms with Crippen molar-refractivity contribution in [3.05, 3.63) is 29.3 Å². The molecule has 2 atom stereocenters. The Labute approximate surface area is 200 Å². The lowest BCUT2D eigenvalue weighted by Gasteiger charge is -2.36. The predicted octanol–water partition coefficient (Wildman–Crippen LogP) is 0.956. The zero-order valence-electron chi connectivity index (χ0n) is 20.2. The molecule has 0 fully saturated rings. The summed E-state index contributed by atoms with van der Waals surface area (Å²) in [4.78, 5) is 12.3. The van der Waals surface area contributed by atoms with Gasteiger partial charge < -0.3 is 22.3 Å². The highest BCUT2D eigenvalue weighted by molar-refractivity contribution is 7.85. The van der Waals surface area contributed by atoms with E-state index in [1.54, 1.807) is 20.8 Å². The zero-order chi connectivity index (χ0) is 26.4. The van der Waals surface area contributed by atoms with Crippen LogP contribution in [-0.2, 0) is 20.5 Å². The van der Waals surface area contributed by atoms with Crippen LogP contribution in [0.5, 0.6) is 0 Å². The van der Waals surface area contributed by atoms with Crippen molar-refractivity contribution in [2.75, 3.05) is 6.54 Å². The third-order valence-corrected chi connectivity index (χ3v) is 6.47. The summed E-state index contributed by atoms with van der Waals surface area (Å²) in [5.74, 6) is -1.94. The van der Waals surface area contributed by atoms with Crippen molar-refractivity contribution in [2.24, 2.45) is 34.1 Å². The van der Waals surface area contributed by atoms with Crippen molar-refractivity contribution in [1.82, 2.24) is 10.3 Å². The van der Waals surface area contributed by atoms with E-state index in [0.717, 1.165) is 5.01 Å². The van der Waals surface area contributed by atoms with Gasteiger partial charge in [0.25, 0.3) is 10.1 Å². The Hall–Kier alpha value is -2.90. The smallest absolute Gasteiger partial charge is 0.328 e. The molecule has 0 saturated heterocycles. The van der Waals surface area contributed by atoms with Crippen LogP contribution in [0.25, 0.3) is 0 Å². The number of carbonyl (C=O) groups is 1. The maximum Gasteiger partial charge on any atom is 0.328 e. The lowest BCUT2D eigenvalue weighted by atomic mass is 9.78. The van der Waals surface area contributed by atoms with Crippen molar-refractivity contribution in [1.29, 1.82) is 5.41 Å². The van der Waals surface area contributed by atoms with Gasteiger partial charge in [-0.3, -0.25) is 15.3 Å². The summed E-state index contributed by atoms with van der Waals surface area (Å²) >= 11 is 0. The van der Waals surface area contributed by atoms with Crippen molar-refractivity contribution in [2.45, 2.75) is 63.9 Å². The van der Waals surface area contributed by atoms with Gasteiger partial charge in [0.2, 0.25) is 11.9 Å². The molecule has 1 rings (SSSR count). The molecular formula is C21H37N7O5S. The van der Waals surface area contributed by atoms with Gasteiger partial charge in [0, 0.05) is 12.6 Å². The molecule has 1 aromatic carbocycles. The minimum Gasteiger partial charge on any atom is -0.480 e. The molecule has 0 aliphatic heterocycles. The summed E-state index contributed by atoms with van der Waals surface area (Å²) in [6.45, 7) is 9.32. The zero-order valence-corrected chi connectivity index (χ0v) is 21.1. The number of rotatable bonds is 12. The highest BCUT2D eigenvalue weighted by Gasteiger charge is 2.43. The van der Waals surface area contributed by atoms with Crippen LogP contribution in [0.1, 0.15) is 51.7 Å². The van der Waals surface area contributed by atoms with E-state index >= 15 is 0 Å². The van der Waals surface area contributed by atoms with Crippen LogP contribution < -0.4 is 22.5 Å². The number of carboxylic acids is 1. The number of carboxylic acid groups (broad SMARTS) is 1. The van der Waals surface area contributed by atoms with Gasteiger partial charge in [-0.1, -0.05) is 19.9 Å². The molecule has 0 amide bonds. The number of benzene rings is 1. The molecule has 0 aliphatic rings. The maximum absolute atomic E-state index is 12.7. The summed E-state index contributed by atoms with van der Waals surface area (Å²) in [6, 6.07) is 3.62. The van der Waals surface area contributed by atoms with Gasteiger partial charge in [-0.25, -0.2) is 9.80 Å². The number of nitrogens with one attached hydrogen (secondary N) is 2. The molecule has 34 heavy (non-hydrogen) atoms. The molecular weight excluding hydrogens is 462 g/mol. The molecule has 192 valence electrons. The average Bonchev–Trinajstić information content (AvgIpc) is 2.67. The second kappa shape index (κ2) is 11.5. The minimum atomic E-state index is -4.54. The van der Waals surface area contributed by atoms with Crippen LogP contribution in [-0.4, -0.2) is 53.6 Å². The Bertz CT molecular complexity index is 1020. The number of guanidine groups is 2. The van der Waals surface area contributed by atoms with E-state index in [1.165, 1.54) is 18.2 Å². The number of hydrogen-bond acceptors (Lipinski definition) is 6. The van der Waals surface area contributed by atoms with Crippen LogP contribution >= 0.6 is 0 Å². The fourth-order valence-electron chi connectivity index (χ4n) is 3.87. The quantitative estimate of drug-likeness (QED) is 0.0933. The predicted molar refractivity (Wildman–Crippen MR) is 131 cm³/mol. The Balaban J connectivity index is 3.53. The van der Waals surface area contributed by atoms with Gasteiger partial charge in [-0.2, -0.15) is 8.42 Å². The molecule has 10 N–H and O–H groups in total.